The average molecular weight is 380 g/mol. The van der Waals surface area contributed by atoms with E-state index in [1.165, 1.54) is 24.6 Å². The van der Waals surface area contributed by atoms with Gasteiger partial charge in [-0.05, 0) is 24.3 Å². The number of nitrogens with zero attached hydrogens (tertiary/aromatic N) is 1. The molecule has 0 saturated carbocycles. The number of hydrogen-bond donors (Lipinski definition) is 4. The summed E-state index contributed by atoms with van der Waals surface area (Å²) in [5, 5.41) is 4.91. The minimum atomic E-state index is -1.08. The summed E-state index contributed by atoms with van der Waals surface area (Å²) in [5.74, 6) is -2.94. The number of carbonyl (C=O) groups is 4. The minimum absolute atomic E-state index is 0.0237. The SMILES string of the molecule is O=C(CNC(=O)c1cc(Cl)ccn1)NNC(=O)C(=O)NCc1ccco1. The molecule has 0 saturated heterocycles. The molecule has 0 aromatic carbocycles. The van der Waals surface area contributed by atoms with E-state index in [1.54, 1.807) is 12.1 Å². The Balaban J connectivity index is 1.68. The number of furan rings is 1. The number of amides is 4. The Labute approximate surface area is 152 Å². The Morgan fingerprint density at radius 1 is 1.08 bits per heavy atom. The van der Waals surface area contributed by atoms with E-state index in [2.05, 4.69) is 15.6 Å². The molecule has 0 atom stereocenters. The molecule has 0 unspecified atom stereocenters. The number of aromatic nitrogens is 1. The van der Waals surface area contributed by atoms with Gasteiger partial charge in [-0.1, -0.05) is 11.6 Å². The van der Waals surface area contributed by atoms with Crippen LogP contribution in [0.3, 0.4) is 0 Å². The summed E-state index contributed by atoms with van der Waals surface area (Å²) in [4.78, 5) is 50.2. The first-order valence-electron chi connectivity index (χ1n) is 7.25. The van der Waals surface area contributed by atoms with Gasteiger partial charge in [0.1, 0.15) is 11.5 Å². The molecule has 11 heteroatoms. The Morgan fingerprint density at radius 3 is 2.58 bits per heavy atom. The standard InChI is InChI=1S/C15H14ClN5O5/c16-9-3-4-17-11(6-9)13(23)19-8-12(22)20-21-15(25)14(24)18-7-10-2-1-5-26-10/h1-6H,7-8H2,(H,18,24)(H,19,23)(H,20,22)(H,21,25). The summed E-state index contributed by atoms with van der Waals surface area (Å²) in [6, 6.07) is 6.09. The van der Waals surface area contributed by atoms with Crippen molar-refractivity contribution in [3.05, 3.63) is 53.2 Å². The fourth-order valence-electron chi connectivity index (χ4n) is 1.67. The van der Waals surface area contributed by atoms with E-state index >= 15 is 0 Å². The van der Waals surface area contributed by atoms with Gasteiger partial charge in [0.15, 0.2) is 0 Å². The van der Waals surface area contributed by atoms with Crippen molar-refractivity contribution in [3.8, 4) is 0 Å². The van der Waals surface area contributed by atoms with Gasteiger partial charge in [0.2, 0.25) is 0 Å². The van der Waals surface area contributed by atoms with Gasteiger partial charge < -0.3 is 15.1 Å². The quantitative estimate of drug-likeness (QED) is 0.408. The molecule has 10 nitrogen and oxygen atoms in total. The molecule has 0 aliphatic carbocycles. The van der Waals surface area contributed by atoms with Crippen molar-refractivity contribution in [1.29, 1.82) is 0 Å². The van der Waals surface area contributed by atoms with E-state index in [9.17, 15) is 19.2 Å². The summed E-state index contributed by atoms with van der Waals surface area (Å²) in [5.41, 5.74) is 3.94. The van der Waals surface area contributed by atoms with Crippen LogP contribution in [0.15, 0.2) is 41.1 Å². The highest BCUT2D eigenvalue weighted by Crippen LogP contribution is 2.07. The maximum absolute atomic E-state index is 11.8. The van der Waals surface area contributed by atoms with Gasteiger partial charge in [0, 0.05) is 11.2 Å². The third-order valence-corrected chi connectivity index (χ3v) is 3.12. The van der Waals surface area contributed by atoms with Gasteiger partial charge in [0.25, 0.3) is 11.8 Å². The van der Waals surface area contributed by atoms with Crippen molar-refractivity contribution in [2.75, 3.05) is 6.54 Å². The largest absolute Gasteiger partial charge is 0.467 e. The molecular formula is C15H14ClN5O5. The van der Waals surface area contributed by atoms with Crippen LogP contribution in [-0.4, -0.2) is 35.2 Å². The van der Waals surface area contributed by atoms with Gasteiger partial charge in [-0.2, -0.15) is 0 Å². The molecule has 4 N–H and O–H groups in total. The molecule has 0 bridgehead atoms. The first kappa shape index (κ1) is 18.9. The molecule has 0 aliphatic heterocycles. The van der Waals surface area contributed by atoms with Crippen LogP contribution in [0.4, 0.5) is 0 Å². The first-order chi connectivity index (χ1) is 12.5. The predicted octanol–water partition coefficient (Wildman–Crippen LogP) is -0.478. The van der Waals surface area contributed by atoms with Crippen molar-refractivity contribution < 1.29 is 23.6 Å². The summed E-state index contributed by atoms with van der Waals surface area (Å²) in [7, 11) is 0. The predicted molar refractivity (Wildman–Crippen MR) is 88.4 cm³/mol. The smallest absolute Gasteiger partial charge is 0.327 e. The van der Waals surface area contributed by atoms with Crippen LogP contribution < -0.4 is 21.5 Å². The van der Waals surface area contributed by atoms with Crippen LogP contribution in [0.2, 0.25) is 5.02 Å². The lowest BCUT2D eigenvalue weighted by atomic mass is 10.3. The van der Waals surface area contributed by atoms with Gasteiger partial charge in [0.05, 0.1) is 19.4 Å². The van der Waals surface area contributed by atoms with Crippen LogP contribution >= 0.6 is 11.6 Å². The van der Waals surface area contributed by atoms with Crippen molar-refractivity contribution in [3.63, 3.8) is 0 Å². The highest BCUT2D eigenvalue weighted by atomic mass is 35.5. The number of rotatable bonds is 5. The first-order valence-corrected chi connectivity index (χ1v) is 7.62. The third kappa shape index (κ3) is 5.91. The van der Waals surface area contributed by atoms with Crippen LogP contribution in [0.25, 0.3) is 0 Å². The fraction of sp³-hybridized carbons (Fsp3) is 0.133. The maximum atomic E-state index is 11.8. The lowest BCUT2D eigenvalue weighted by Crippen LogP contribution is -2.50. The molecule has 0 spiro atoms. The lowest BCUT2D eigenvalue weighted by Gasteiger charge is -2.08. The second-order valence-corrected chi connectivity index (χ2v) is 5.24. The molecule has 2 heterocycles. The number of carbonyl (C=O) groups excluding carboxylic acids is 4. The topological polar surface area (TPSA) is 142 Å². The molecule has 0 aliphatic rings. The summed E-state index contributed by atoms with van der Waals surface area (Å²) >= 11 is 5.73. The van der Waals surface area contributed by atoms with Crippen LogP contribution in [0.5, 0.6) is 0 Å². The summed E-state index contributed by atoms with van der Waals surface area (Å²) in [6.45, 7) is -0.419. The van der Waals surface area contributed by atoms with E-state index in [-0.39, 0.29) is 12.2 Å². The molecule has 136 valence electrons. The zero-order chi connectivity index (χ0) is 18.9. The zero-order valence-electron chi connectivity index (χ0n) is 13.2. The van der Waals surface area contributed by atoms with Crippen LogP contribution in [-0.2, 0) is 20.9 Å². The van der Waals surface area contributed by atoms with E-state index in [1.807, 2.05) is 10.9 Å². The zero-order valence-corrected chi connectivity index (χ0v) is 14.0. The van der Waals surface area contributed by atoms with Crippen LogP contribution in [0.1, 0.15) is 16.2 Å². The van der Waals surface area contributed by atoms with E-state index in [4.69, 9.17) is 16.0 Å². The Hall–Kier alpha value is -3.40. The highest BCUT2D eigenvalue weighted by Gasteiger charge is 2.15. The summed E-state index contributed by atoms with van der Waals surface area (Å²) < 4.78 is 4.99. The average Bonchev–Trinajstić information content (AvgIpc) is 3.15. The Bertz CT molecular complexity index is 809. The van der Waals surface area contributed by atoms with Crippen LogP contribution in [0, 0.1) is 0 Å². The molecule has 4 amide bonds. The van der Waals surface area contributed by atoms with E-state index in [0.717, 1.165) is 0 Å². The molecule has 2 aromatic heterocycles. The van der Waals surface area contributed by atoms with Crippen molar-refractivity contribution in [2.24, 2.45) is 0 Å². The fourth-order valence-corrected chi connectivity index (χ4v) is 1.83. The lowest BCUT2D eigenvalue weighted by molar-refractivity contribution is -0.141. The second kappa shape index (κ2) is 9.18. The summed E-state index contributed by atoms with van der Waals surface area (Å²) in [6.07, 6.45) is 2.77. The monoisotopic (exact) mass is 379 g/mol. The Kier molecular flexibility index (Phi) is 6.68. The number of hydrogen-bond acceptors (Lipinski definition) is 6. The van der Waals surface area contributed by atoms with Gasteiger partial charge in [-0.15, -0.1) is 0 Å². The van der Waals surface area contributed by atoms with E-state index < -0.39 is 30.2 Å². The molecule has 2 rings (SSSR count). The van der Waals surface area contributed by atoms with Gasteiger partial charge in [-0.3, -0.25) is 35.0 Å². The van der Waals surface area contributed by atoms with Crippen molar-refractivity contribution >= 4 is 35.2 Å². The number of halogens is 1. The number of pyridine rings is 1. The minimum Gasteiger partial charge on any atom is -0.467 e. The van der Waals surface area contributed by atoms with Crippen molar-refractivity contribution in [2.45, 2.75) is 6.54 Å². The number of hydrazine groups is 1. The number of nitrogens with one attached hydrogen (secondary N) is 4. The second-order valence-electron chi connectivity index (χ2n) is 4.81. The van der Waals surface area contributed by atoms with Gasteiger partial charge >= 0.3 is 11.8 Å². The molecular weight excluding hydrogens is 366 g/mol. The van der Waals surface area contributed by atoms with Crippen molar-refractivity contribution in [1.82, 2.24) is 26.5 Å². The molecule has 26 heavy (non-hydrogen) atoms. The normalized spacial score (nSPS) is 9.88. The van der Waals surface area contributed by atoms with Gasteiger partial charge in [-0.25, -0.2) is 0 Å². The molecule has 2 aromatic rings. The Morgan fingerprint density at radius 2 is 1.88 bits per heavy atom. The molecule has 0 radical (unpaired) electrons. The highest BCUT2D eigenvalue weighted by molar-refractivity contribution is 6.35. The third-order valence-electron chi connectivity index (χ3n) is 2.89. The maximum Gasteiger partial charge on any atom is 0.327 e. The molecule has 0 fully saturated rings. The van der Waals surface area contributed by atoms with E-state index in [0.29, 0.717) is 10.8 Å².